The summed E-state index contributed by atoms with van der Waals surface area (Å²) in [6.45, 7) is 2.10. The van der Waals surface area contributed by atoms with Gasteiger partial charge in [0.1, 0.15) is 6.10 Å². The van der Waals surface area contributed by atoms with Crippen LogP contribution in [0.2, 0.25) is 0 Å². The number of cyclic esters (lactones) is 1. The molecular formula is C25H33NO2. The fraction of sp³-hybridized carbons (Fsp3) is 0.680. The second kappa shape index (κ2) is 7.65. The maximum atomic E-state index is 12.4. The third kappa shape index (κ3) is 3.31. The maximum Gasteiger partial charge on any atom is 0.309 e. The van der Waals surface area contributed by atoms with Crippen LogP contribution in [0, 0.1) is 29.6 Å². The molecule has 1 saturated heterocycles. The van der Waals surface area contributed by atoms with Crippen LogP contribution in [0.3, 0.4) is 0 Å². The van der Waals surface area contributed by atoms with E-state index in [0.717, 1.165) is 18.0 Å². The van der Waals surface area contributed by atoms with Crippen molar-refractivity contribution in [2.24, 2.45) is 29.6 Å². The van der Waals surface area contributed by atoms with Crippen LogP contribution < -0.4 is 0 Å². The molecule has 1 aromatic rings. The quantitative estimate of drug-likeness (QED) is 0.627. The van der Waals surface area contributed by atoms with Gasteiger partial charge in [0.15, 0.2) is 0 Å². The van der Waals surface area contributed by atoms with Crippen molar-refractivity contribution in [3.63, 3.8) is 0 Å². The van der Waals surface area contributed by atoms with E-state index in [1.54, 1.807) is 0 Å². The molecule has 2 heterocycles. The first-order valence-corrected chi connectivity index (χ1v) is 11.6. The number of allylic oxidation sites excluding steroid dienone is 1. The number of hydrogen-bond acceptors (Lipinski definition) is 3. The van der Waals surface area contributed by atoms with E-state index in [0.29, 0.717) is 23.7 Å². The summed E-state index contributed by atoms with van der Waals surface area (Å²) in [6.07, 6.45) is 18.4. The SMILES string of the molecule is C[C@H]1OC(=O)[C@@H]2C[C@@H]3CCCC[C@H]3[C@H](/C=C/c3ccc(C4CCCC4)cn3)[C@H]12. The topological polar surface area (TPSA) is 39.2 Å². The summed E-state index contributed by atoms with van der Waals surface area (Å²) >= 11 is 0. The highest BCUT2D eigenvalue weighted by Crippen LogP contribution is 2.53. The first kappa shape index (κ1) is 18.4. The minimum Gasteiger partial charge on any atom is -0.462 e. The Hall–Kier alpha value is -1.64. The Bertz CT molecular complexity index is 733. The van der Waals surface area contributed by atoms with E-state index < -0.39 is 0 Å². The number of carbonyl (C=O) groups is 1. The molecule has 28 heavy (non-hydrogen) atoms. The maximum absolute atomic E-state index is 12.4. The Kier molecular flexibility index (Phi) is 5.02. The molecule has 0 N–H and O–H groups in total. The first-order valence-electron chi connectivity index (χ1n) is 11.6. The number of carbonyl (C=O) groups excluding carboxylic acids is 1. The number of pyridine rings is 1. The van der Waals surface area contributed by atoms with Gasteiger partial charge < -0.3 is 4.74 Å². The van der Waals surface area contributed by atoms with Crippen molar-refractivity contribution < 1.29 is 9.53 Å². The summed E-state index contributed by atoms with van der Waals surface area (Å²) in [5.74, 6) is 3.08. The average molecular weight is 380 g/mol. The summed E-state index contributed by atoms with van der Waals surface area (Å²) in [7, 11) is 0. The molecule has 0 amide bonds. The summed E-state index contributed by atoms with van der Waals surface area (Å²) in [6, 6.07) is 4.46. The molecule has 3 nitrogen and oxygen atoms in total. The lowest BCUT2D eigenvalue weighted by molar-refractivity contribution is -0.144. The van der Waals surface area contributed by atoms with Crippen LogP contribution >= 0.6 is 0 Å². The monoisotopic (exact) mass is 379 g/mol. The van der Waals surface area contributed by atoms with E-state index in [4.69, 9.17) is 9.72 Å². The van der Waals surface area contributed by atoms with Crippen LogP contribution in [0.25, 0.3) is 6.08 Å². The molecule has 0 bridgehead atoms. The highest BCUT2D eigenvalue weighted by molar-refractivity contribution is 5.75. The fourth-order valence-electron chi connectivity index (χ4n) is 6.81. The molecule has 150 valence electrons. The Morgan fingerprint density at radius 3 is 2.64 bits per heavy atom. The Labute approximate surface area is 169 Å². The number of aromatic nitrogens is 1. The highest BCUT2D eigenvalue weighted by atomic mass is 16.6. The molecule has 1 aromatic heterocycles. The van der Waals surface area contributed by atoms with Gasteiger partial charge in [0.05, 0.1) is 11.6 Å². The first-order chi connectivity index (χ1) is 13.7. The number of fused-ring (bicyclic) bond motifs is 2. The van der Waals surface area contributed by atoms with Gasteiger partial charge in [-0.05, 0) is 74.0 Å². The molecule has 3 heteroatoms. The van der Waals surface area contributed by atoms with E-state index in [1.807, 2.05) is 0 Å². The molecule has 0 radical (unpaired) electrons. The van der Waals surface area contributed by atoms with Crippen LogP contribution in [0.4, 0.5) is 0 Å². The minimum atomic E-state index is 0.0488. The van der Waals surface area contributed by atoms with Crippen molar-refractivity contribution in [1.29, 1.82) is 0 Å². The third-order valence-electron chi connectivity index (χ3n) is 8.20. The van der Waals surface area contributed by atoms with Gasteiger partial charge in [-0.15, -0.1) is 0 Å². The standard InChI is InChI=1S/C25H33NO2/c1-16-24-22(21-9-5-4-8-18(21)14-23(24)25(27)28-16)13-12-20-11-10-19(15-26-20)17-6-2-3-7-17/h10-13,15-18,21-24H,2-9,14H2,1H3/b13-12+/t16-,18+,21-,22+,23-,24+/m1/s1. The summed E-state index contributed by atoms with van der Waals surface area (Å²) < 4.78 is 5.68. The largest absolute Gasteiger partial charge is 0.462 e. The van der Waals surface area contributed by atoms with Crippen LogP contribution in [0.15, 0.2) is 24.4 Å². The van der Waals surface area contributed by atoms with Gasteiger partial charge in [-0.3, -0.25) is 9.78 Å². The predicted octanol–water partition coefficient (Wildman–Crippen LogP) is 5.76. The van der Waals surface area contributed by atoms with E-state index in [2.05, 4.69) is 37.4 Å². The van der Waals surface area contributed by atoms with Gasteiger partial charge in [0.25, 0.3) is 0 Å². The van der Waals surface area contributed by atoms with Gasteiger partial charge in [0.2, 0.25) is 0 Å². The molecule has 4 aliphatic rings. The van der Waals surface area contributed by atoms with E-state index in [-0.39, 0.29) is 18.0 Å². The van der Waals surface area contributed by atoms with Crippen LogP contribution in [-0.4, -0.2) is 17.1 Å². The Morgan fingerprint density at radius 1 is 1.07 bits per heavy atom. The predicted molar refractivity (Wildman–Crippen MR) is 111 cm³/mol. The minimum absolute atomic E-state index is 0.0488. The van der Waals surface area contributed by atoms with Gasteiger partial charge in [-0.1, -0.05) is 44.2 Å². The lowest BCUT2D eigenvalue weighted by Crippen LogP contribution is -2.42. The van der Waals surface area contributed by atoms with Crippen molar-refractivity contribution in [1.82, 2.24) is 4.98 Å². The van der Waals surface area contributed by atoms with Crippen molar-refractivity contribution in [3.05, 3.63) is 35.7 Å². The third-order valence-corrected chi connectivity index (χ3v) is 8.20. The lowest BCUT2D eigenvalue weighted by atomic mass is 9.57. The molecule has 1 aliphatic heterocycles. The molecule has 0 aromatic carbocycles. The number of esters is 1. The smallest absolute Gasteiger partial charge is 0.309 e. The lowest BCUT2D eigenvalue weighted by Gasteiger charge is -2.45. The van der Waals surface area contributed by atoms with Gasteiger partial charge >= 0.3 is 5.97 Å². The molecule has 3 aliphatic carbocycles. The molecule has 4 fully saturated rings. The number of nitrogens with zero attached hydrogens (tertiary/aromatic N) is 1. The van der Waals surface area contributed by atoms with E-state index in [9.17, 15) is 4.79 Å². The second-order valence-electron chi connectivity index (χ2n) is 9.70. The summed E-state index contributed by atoms with van der Waals surface area (Å²) in [5, 5.41) is 0. The Balaban J connectivity index is 1.37. The zero-order chi connectivity index (χ0) is 19.1. The number of rotatable bonds is 3. The van der Waals surface area contributed by atoms with Gasteiger partial charge in [-0.2, -0.15) is 0 Å². The van der Waals surface area contributed by atoms with Crippen LogP contribution in [0.1, 0.15) is 81.9 Å². The molecular weight excluding hydrogens is 346 g/mol. The molecule has 5 rings (SSSR count). The highest BCUT2D eigenvalue weighted by Gasteiger charge is 2.53. The zero-order valence-corrected chi connectivity index (χ0v) is 17.1. The molecule has 0 unspecified atom stereocenters. The Morgan fingerprint density at radius 2 is 1.86 bits per heavy atom. The van der Waals surface area contributed by atoms with Crippen molar-refractivity contribution >= 4 is 12.0 Å². The molecule has 6 atom stereocenters. The summed E-state index contributed by atoms with van der Waals surface area (Å²) in [5.41, 5.74) is 2.46. The fourth-order valence-corrected chi connectivity index (χ4v) is 6.81. The van der Waals surface area contributed by atoms with Crippen molar-refractivity contribution in [2.75, 3.05) is 0 Å². The number of hydrogen-bond donors (Lipinski definition) is 0. The van der Waals surface area contributed by atoms with Crippen LogP contribution in [0.5, 0.6) is 0 Å². The van der Waals surface area contributed by atoms with Crippen molar-refractivity contribution in [2.45, 2.75) is 76.7 Å². The van der Waals surface area contributed by atoms with Crippen LogP contribution in [-0.2, 0) is 9.53 Å². The van der Waals surface area contributed by atoms with Gasteiger partial charge in [0, 0.05) is 12.1 Å². The second-order valence-corrected chi connectivity index (χ2v) is 9.70. The van der Waals surface area contributed by atoms with Gasteiger partial charge in [-0.25, -0.2) is 0 Å². The summed E-state index contributed by atoms with van der Waals surface area (Å²) in [4.78, 5) is 17.2. The average Bonchev–Trinajstić information content (AvgIpc) is 3.35. The van der Waals surface area contributed by atoms with E-state index >= 15 is 0 Å². The molecule has 3 saturated carbocycles. The number of ether oxygens (including phenoxy) is 1. The zero-order valence-electron chi connectivity index (χ0n) is 17.1. The van der Waals surface area contributed by atoms with Crippen molar-refractivity contribution in [3.8, 4) is 0 Å². The molecule has 0 spiro atoms. The normalized spacial score (nSPS) is 38.4. The van der Waals surface area contributed by atoms with E-state index in [1.165, 1.54) is 56.9 Å².